The second-order valence-electron chi connectivity index (χ2n) is 9.29. The first kappa shape index (κ1) is 35.4. The van der Waals surface area contributed by atoms with Crippen LogP contribution in [0.1, 0.15) is 12.5 Å². The first-order chi connectivity index (χ1) is 20.8. The summed E-state index contributed by atoms with van der Waals surface area (Å²) in [4.78, 5) is 79.5. The highest BCUT2D eigenvalue weighted by atomic mass is 31.3. The number of ether oxygens (including phenoxy) is 2. The molecule has 0 saturated carbocycles. The van der Waals surface area contributed by atoms with E-state index in [0.29, 0.717) is 9.13 Å². The number of nitrogens with one attached hydrogen (secondary N) is 2. The van der Waals surface area contributed by atoms with E-state index < -0.39 is 108 Å². The third-order valence-corrected chi connectivity index (χ3v) is 10.4. The van der Waals surface area contributed by atoms with E-state index in [-0.39, 0.29) is 0 Å². The van der Waals surface area contributed by atoms with Crippen LogP contribution in [0.4, 0.5) is 0 Å². The van der Waals surface area contributed by atoms with Crippen LogP contribution in [0.5, 0.6) is 0 Å². The number of phosphoric ester groups is 2. The van der Waals surface area contributed by atoms with Gasteiger partial charge in [-0.2, -0.15) is 8.62 Å². The highest BCUT2D eigenvalue weighted by molar-refractivity contribution is 7.66. The van der Waals surface area contributed by atoms with Gasteiger partial charge in [0.2, 0.25) is 0 Å². The van der Waals surface area contributed by atoms with Crippen LogP contribution in [0.3, 0.4) is 0 Å². The number of hydrogen-bond donors (Lipinski definition) is 9. The summed E-state index contributed by atoms with van der Waals surface area (Å²) < 4.78 is 65.2. The van der Waals surface area contributed by atoms with E-state index in [9.17, 15) is 68.0 Å². The number of aliphatic hydroxyl groups is 4. The lowest BCUT2D eigenvalue weighted by Gasteiger charge is -2.21. The van der Waals surface area contributed by atoms with Crippen molar-refractivity contribution in [3.05, 3.63) is 66.2 Å². The van der Waals surface area contributed by atoms with Crippen LogP contribution < -0.4 is 22.5 Å². The lowest BCUT2D eigenvalue weighted by molar-refractivity contribution is -0.0549. The van der Waals surface area contributed by atoms with Crippen molar-refractivity contribution < 1.29 is 75.9 Å². The van der Waals surface area contributed by atoms with Crippen molar-refractivity contribution in [1.82, 2.24) is 19.1 Å². The highest BCUT2D eigenvalue weighted by Gasteiger charge is 2.48. The zero-order chi connectivity index (χ0) is 33.5. The molecule has 2 saturated heterocycles. The summed E-state index contributed by atoms with van der Waals surface area (Å²) in [5.41, 5.74) is -3.65. The van der Waals surface area contributed by atoms with Crippen LogP contribution >= 0.6 is 23.5 Å². The van der Waals surface area contributed by atoms with E-state index in [1.54, 1.807) is 0 Å². The minimum absolute atomic E-state index is 0.679. The Morgan fingerprint density at radius 1 is 0.644 bits per heavy atom. The fourth-order valence-corrected chi connectivity index (χ4v) is 7.63. The van der Waals surface area contributed by atoms with Crippen molar-refractivity contribution in [1.29, 1.82) is 0 Å². The van der Waals surface area contributed by atoms with E-state index >= 15 is 0 Å². The number of hydrogen-bond acceptors (Lipinski definition) is 17. The molecule has 0 spiro atoms. The number of phosphoric acid groups is 3. The van der Waals surface area contributed by atoms with Gasteiger partial charge in [-0.15, -0.1) is 0 Å². The van der Waals surface area contributed by atoms with Crippen LogP contribution in [0.15, 0.2) is 43.7 Å². The molecule has 0 bridgehead atoms. The summed E-state index contributed by atoms with van der Waals surface area (Å²) >= 11 is 0. The summed E-state index contributed by atoms with van der Waals surface area (Å²) in [7, 11) is -17.4. The lowest BCUT2D eigenvalue weighted by Crippen LogP contribution is -2.37. The standard InChI is InChI=1S/C18H25N4O20P3/c23-9-1-3-21(17(29)19-9)15-13(27)11(25)7(39-15)5-37-43(31,32)41-45(35,36)42-44(33,34)38-6-8-12(26)14(28)16(40-8)22-4-2-10(24)20-18(22)30/h1-4,7-8,11-16,25-28H,5-6H2,(H,31,32)(H,33,34)(H,35,36)(H,19,23,29)(H,20,24,30)/t7-,8-,11?,12?,13+,14+,15-,16-/m1/s1. The molecule has 10 atom stereocenters. The topological polar surface area (TPSA) is 358 Å². The number of aromatic amines is 2. The van der Waals surface area contributed by atoms with Gasteiger partial charge < -0.3 is 44.6 Å². The Kier molecular flexibility index (Phi) is 10.5. The molecule has 4 rings (SSSR count). The summed E-state index contributed by atoms with van der Waals surface area (Å²) in [6.07, 6.45) is -12.1. The number of aromatic nitrogens is 4. The maximum Gasteiger partial charge on any atom is 0.490 e. The largest absolute Gasteiger partial charge is 0.490 e. The molecule has 2 aliphatic rings. The minimum atomic E-state index is -6.00. The van der Waals surface area contributed by atoms with E-state index in [0.717, 1.165) is 24.5 Å². The van der Waals surface area contributed by atoms with Gasteiger partial charge in [-0.05, 0) is 0 Å². The molecule has 0 aromatic carbocycles. The van der Waals surface area contributed by atoms with Crippen molar-refractivity contribution >= 4 is 23.5 Å². The number of nitrogens with zero attached hydrogens (tertiary/aromatic N) is 2. The average molecular weight is 710 g/mol. The Bertz CT molecular complexity index is 1650. The molecule has 252 valence electrons. The zero-order valence-corrected chi connectivity index (χ0v) is 24.7. The van der Waals surface area contributed by atoms with Gasteiger partial charge in [-0.25, -0.2) is 23.3 Å². The third-order valence-electron chi connectivity index (χ3n) is 6.14. The van der Waals surface area contributed by atoms with Gasteiger partial charge in [0.05, 0.1) is 13.2 Å². The normalized spacial score (nSPS) is 32.5. The van der Waals surface area contributed by atoms with Crippen molar-refractivity contribution in [3.63, 3.8) is 0 Å². The Balaban J connectivity index is 1.31. The first-order valence-corrected chi connectivity index (χ1v) is 16.6. The Hall–Kier alpha value is -2.47. The molecule has 27 heteroatoms. The maximum atomic E-state index is 12.2. The van der Waals surface area contributed by atoms with Gasteiger partial charge in [0, 0.05) is 24.5 Å². The average Bonchev–Trinajstić information content (AvgIpc) is 3.35. The van der Waals surface area contributed by atoms with Crippen LogP contribution in [0, 0.1) is 0 Å². The van der Waals surface area contributed by atoms with Crippen LogP contribution in [-0.4, -0.2) is 104 Å². The Morgan fingerprint density at radius 2 is 1.00 bits per heavy atom. The van der Waals surface area contributed by atoms with Gasteiger partial charge in [-0.1, -0.05) is 0 Å². The Labute approximate surface area is 247 Å². The SMILES string of the molecule is O=c1ccn([C@@H]2O[C@H](COP(=O)(O)OP(=O)(O)OP(=O)(O)OC[C@H]3O[C@@H](n4ccc(=O)[nH]c4=O)[C@@H](O)C3O)C(O)[C@@H]2O)c(=O)[nH]1. The van der Waals surface area contributed by atoms with Crippen LogP contribution in [0.25, 0.3) is 0 Å². The van der Waals surface area contributed by atoms with E-state index in [4.69, 9.17) is 9.47 Å². The molecular weight excluding hydrogens is 685 g/mol. The molecule has 0 aliphatic carbocycles. The molecule has 2 aromatic heterocycles. The third kappa shape index (κ3) is 8.47. The number of H-pyrrole nitrogens is 2. The predicted molar refractivity (Wildman–Crippen MR) is 138 cm³/mol. The molecule has 0 amide bonds. The molecule has 4 unspecified atom stereocenters. The predicted octanol–water partition coefficient (Wildman–Crippen LogP) is -4.31. The first-order valence-electron chi connectivity index (χ1n) is 12.2. The molecule has 24 nitrogen and oxygen atoms in total. The number of rotatable bonds is 12. The quantitative estimate of drug-likeness (QED) is 0.0940. The molecule has 9 N–H and O–H groups in total. The maximum absolute atomic E-state index is 12.2. The number of aliphatic hydroxyl groups excluding tert-OH is 4. The van der Waals surface area contributed by atoms with Crippen LogP contribution in [0.2, 0.25) is 0 Å². The van der Waals surface area contributed by atoms with E-state index in [1.165, 1.54) is 0 Å². The smallest absolute Gasteiger partial charge is 0.387 e. The lowest BCUT2D eigenvalue weighted by atomic mass is 10.1. The minimum Gasteiger partial charge on any atom is -0.387 e. The van der Waals surface area contributed by atoms with E-state index in [1.807, 2.05) is 9.97 Å². The van der Waals surface area contributed by atoms with Crippen molar-refractivity contribution in [2.75, 3.05) is 13.2 Å². The molecule has 4 heterocycles. The summed E-state index contributed by atoms with van der Waals surface area (Å²) in [5.74, 6) is 0. The summed E-state index contributed by atoms with van der Waals surface area (Å²) in [6, 6.07) is 1.79. The van der Waals surface area contributed by atoms with Gasteiger partial charge in [0.1, 0.15) is 36.6 Å². The molecule has 2 aliphatic heterocycles. The summed E-state index contributed by atoms with van der Waals surface area (Å²) in [5, 5.41) is 40.7. The van der Waals surface area contributed by atoms with Crippen LogP contribution in [-0.2, 0) is 40.8 Å². The summed E-state index contributed by atoms with van der Waals surface area (Å²) in [6.45, 7) is -2.26. The second kappa shape index (κ2) is 13.3. The fourth-order valence-electron chi connectivity index (χ4n) is 4.11. The monoisotopic (exact) mass is 710 g/mol. The highest BCUT2D eigenvalue weighted by Crippen LogP contribution is 2.67. The molecule has 45 heavy (non-hydrogen) atoms. The molecule has 0 radical (unpaired) electrons. The van der Waals surface area contributed by atoms with Gasteiger partial charge >= 0.3 is 34.8 Å². The van der Waals surface area contributed by atoms with Crippen molar-refractivity contribution in [3.8, 4) is 0 Å². The van der Waals surface area contributed by atoms with Gasteiger partial charge in [-0.3, -0.25) is 37.7 Å². The molecule has 2 aromatic rings. The molecule has 2 fully saturated rings. The zero-order valence-electron chi connectivity index (χ0n) is 22.0. The van der Waals surface area contributed by atoms with Gasteiger partial charge in [0.15, 0.2) is 12.5 Å². The fraction of sp³-hybridized carbons (Fsp3) is 0.556. The second-order valence-corrected chi connectivity index (χ2v) is 13.9. The van der Waals surface area contributed by atoms with E-state index in [2.05, 4.69) is 17.7 Å². The molecular formula is C18H25N4O20P3. The Morgan fingerprint density at radius 3 is 1.33 bits per heavy atom. The van der Waals surface area contributed by atoms with Gasteiger partial charge in [0.25, 0.3) is 11.1 Å². The van der Waals surface area contributed by atoms with Crippen molar-refractivity contribution in [2.45, 2.75) is 49.1 Å². The van der Waals surface area contributed by atoms with Crippen molar-refractivity contribution in [2.24, 2.45) is 0 Å².